The summed E-state index contributed by atoms with van der Waals surface area (Å²) in [7, 11) is 0. The summed E-state index contributed by atoms with van der Waals surface area (Å²) in [5, 5.41) is 2.45. The van der Waals surface area contributed by atoms with Crippen molar-refractivity contribution in [2.45, 2.75) is 13.0 Å². The summed E-state index contributed by atoms with van der Waals surface area (Å²) >= 11 is 0. The van der Waals surface area contributed by atoms with Gasteiger partial charge in [-0.3, -0.25) is 4.79 Å². The van der Waals surface area contributed by atoms with Gasteiger partial charge in [0.05, 0.1) is 6.04 Å². The van der Waals surface area contributed by atoms with Crippen LogP contribution in [0.15, 0.2) is 36.4 Å². The van der Waals surface area contributed by atoms with Crippen molar-refractivity contribution in [2.75, 3.05) is 0 Å². The number of amides is 1. The lowest BCUT2D eigenvalue weighted by Crippen LogP contribution is -2.27. The van der Waals surface area contributed by atoms with Crippen LogP contribution in [0.4, 0.5) is 17.6 Å². The average Bonchev–Trinajstić information content (AvgIpc) is 2.40. The summed E-state index contributed by atoms with van der Waals surface area (Å²) < 4.78 is 52.0. The van der Waals surface area contributed by atoms with Gasteiger partial charge in [0, 0.05) is 11.6 Å². The summed E-state index contributed by atoms with van der Waals surface area (Å²) in [5.41, 5.74) is 0.140. The topological polar surface area (TPSA) is 29.1 Å². The van der Waals surface area contributed by atoms with Crippen LogP contribution in [0.5, 0.6) is 0 Å². The van der Waals surface area contributed by atoms with Crippen LogP contribution in [-0.4, -0.2) is 5.91 Å². The van der Waals surface area contributed by atoms with Crippen molar-refractivity contribution in [1.82, 2.24) is 5.32 Å². The largest absolute Gasteiger partial charge is 0.346 e. The smallest absolute Gasteiger partial charge is 0.251 e. The Hall–Kier alpha value is -2.37. The molecule has 0 spiro atoms. The molecule has 0 saturated heterocycles. The molecule has 0 aromatic heterocycles. The van der Waals surface area contributed by atoms with Crippen LogP contribution in [0.3, 0.4) is 0 Å². The van der Waals surface area contributed by atoms with Gasteiger partial charge in [0.2, 0.25) is 0 Å². The third kappa shape index (κ3) is 3.59. The maximum absolute atomic E-state index is 13.1. The molecule has 0 saturated carbocycles. The second-order valence-electron chi connectivity index (χ2n) is 4.53. The van der Waals surface area contributed by atoms with Crippen molar-refractivity contribution in [3.05, 3.63) is 70.8 Å². The number of rotatable bonds is 3. The first-order valence-electron chi connectivity index (χ1n) is 6.08. The molecule has 6 heteroatoms. The van der Waals surface area contributed by atoms with Gasteiger partial charge in [0.15, 0.2) is 11.6 Å². The number of hydrogen-bond donors (Lipinski definition) is 1. The van der Waals surface area contributed by atoms with Crippen LogP contribution in [-0.2, 0) is 0 Å². The Labute approximate surface area is 118 Å². The van der Waals surface area contributed by atoms with Crippen LogP contribution in [0.25, 0.3) is 0 Å². The lowest BCUT2D eigenvalue weighted by Gasteiger charge is -2.14. The molecule has 1 N–H and O–H groups in total. The van der Waals surface area contributed by atoms with E-state index in [1.807, 2.05) is 0 Å². The summed E-state index contributed by atoms with van der Waals surface area (Å²) in [5.74, 6) is -4.50. The first-order chi connectivity index (χ1) is 9.86. The Morgan fingerprint density at radius 1 is 0.952 bits per heavy atom. The highest BCUT2D eigenvalue weighted by Crippen LogP contribution is 2.17. The van der Waals surface area contributed by atoms with Crippen LogP contribution in [0.1, 0.15) is 28.9 Å². The molecule has 2 nitrogen and oxygen atoms in total. The van der Waals surface area contributed by atoms with Crippen molar-refractivity contribution < 1.29 is 22.4 Å². The second kappa shape index (κ2) is 5.95. The van der Waals surface area contributed by atoms with E-state index in [9.17, 15) is 22.4 Å². The fourth-order valence-corrected chi connectivity index (χ4v) is 1.83. The lowest BCUT2D eigenvalue weighted by molar-refractivity contribution is 0.0939. The number of nitrogens with one attached hydrogen (secondary N) is 1. The molecule has 1 amide bonds. The van der Waals surface area contributed by atoms with E-state index in [4.69, 9.17) is 0 Å². The van der Waals surface area contributed by atoms with E-state index in [1.165, 1.54) is 6.07 Å². The maximum Gasteiger partial charge on any atom is 0.251 e. The minimum Gasteiger partial charge on any atom is -0.346 e. The Morgan fingerprint density at radius 3 is 2.14 bits per heavy atom. The zero-order valence-electron chi connectivity index (χ0n) is 11.0. The zero-order chi connectivity index (χ0) is 15.6. The average molecular weight is 297 g/mol. The Bertz CT molecular complexity index is 667. The fourth-order valence-electron chi connectivity index (χ4n) is 1.83. The third-order valence-electron chi connectivity index (χ3n) is 2.92. The molecule has 2 aromatic rings. The van der Waals surface area contributed by atoms with Crippen molar-refractivity contribution >= 4 is 5.91 Å². The van der Waals surface area contributed by atoms with Gasteiger partial charge in [0.1, 0.15) is 11.6 Å². The maximum atomic E-state index is 13.1. The Kier molecular flexibility index (Phi) is 4.26. The van der Waals surface area contributed by atoms with Crippen LogP contribution < -0.4 is 5.32 Å². The van der Waals surface area contributed by atoms with Gasteiger partial charge in [-0.2, -0.15) is 0 Å². The van der Waals surface area contributed by atoms with Crippen molar-refractivity contribution in [3.8, 4) is 0 Å². The molecule has 0 unspecified atom stereocenters. The molecule has 2 aromatic carbocycles. The number of carbonyl (C=O) groups excluding carboxylic acids is 1. The molecule has 0 bridgehead atoms. The van der Waals surface area contributed by atoms with E-state index in [0.717, 1.165) is 24.3 Å². The minimum absolute atomic E-state index is 0.193. The highest BCUT2D eigenvalue weighted by molar-refractivity contribution is 5.94. The SMILES string of the molecule is C[C@@H](NC(=O)c1cc(F)cc(F)c1)c1ccc(F)c(F)c1. The van der Waals surface area contributed by atoms with Crippen molar-refractivity contribution in [2.24, 2.45) is 0 Å². The predicted octanol–water partition coefficient (Wildman–Crippen LogP) is 3.73. The molecule has 1 atom stereocenters. The monoisotopic (exact) mass is 297 g/mol. The number of halogens is 4. The molecule has 0 aliphatic rings. The summed E-state index contributed by atoms with van der Waals surface area (Å²) in [6.45, 7) is 1.54. The molecule has 0 aliphatic carbocycles. The first kappa shape index (κ1) is 15.0. The molecule has 2 rings (SSSR count). The van der Waals surface area contributed by atoms with E-state index in [-0.39, 0.29) is 5.56 Å². The molecule has 110 valence electrons. The fraction of sp³-hybridized carbons (Fsp3) is 0.133. The predicted molar refractivity (Wildman–Crippen MR) is 68.6 cm³/mol. The number of benzene rings is 2. The van der Waals surface area contributed by atoms with E-state index in [0.29, 0.717) is 11.6 Å². The Balaban J connectivity index is 2.16. The van der Waals surface area contributed by atoms with Gasteiger partial charge < -0.3 is 5.32 Å². The Morgan fingerprint density at radius 2 is 1.57 bits per heavy atom. The van der Waals surface area contributed by atoms with E-state index in [1.54, 1.807) is 6.92 Å². The standard InChI is InChI=1S/C15H11F4NO/c1-8(9-2-3-13(18)14(19)6-9)20-15(21)10-4-11(16)7-12(17)5-10/h2-8H,1H3,(H,20,21)/t8-/m1/s1. The molecule has 21 heavy (non-hydrogen) atoms. The highest BCUT2D eigenvalue weighted by Gasteiger charge is 2.14. The third-order valence-corrected chi connectivity index (χ3v) is 2.92. The zero-order valence-corrected chi connectivity index (χ0v) is 11.0. The second-order valence-corrected chi connectivity index (χ2v) is 4.53. The normalized spacial score (nSPS) is 12.0. The first-order valence-corrected chi connectivity index (χ1v) is 6.08. The van der Waals surface area contributed by atoms with Crippen LogP contribution in [0.2, 0.25) is 0 Å². The molecule has 0 radical (unpaired) electrons. The summed E-state index contributed by atoms with van der Waals surface area (Å²) in [4.78, 5) is 11.9. The lowest BCUT2D eigenvalue weighted by atomic mass is 10.1. The van der Waals surface area contributed by atoms with E-state index in [2.05, 4.69) is 5.32 Å². The quantitative estimate of drug-likeness (QED) is 0.859. The van der Waals surface area contributed by atoms with Crippen LogP contribution in [0, 0.1) is 23.3 Å². The van der Waals surface area contributed by atoms with Gasteiger partial charge in [-0.1, -0.05) is 6.07 Å². The van der Waals surface area contributed by atoms with E-state index < -0.39 is 35.2 Å². The molecule has 0 fully saturated rings. The summed E-state index contributed by atoms with van der Waals surface area (Å²) in [6.07, 6.45) is 0. The van der Waals surface area contributed by atoms with Gasteiger partial charge in [0.25, 0.3) is 5.91 Å². The number of carbonyl (C=O) groups is 1. The van der Waals surface area contributed by atoms with Crippen molar-refractivity contribution in [3.63, 3.8) is 0 Å². The molecular formula is C15H11F4NO. The molecular weight excluding hydrogens is 286 g/mol. The molecule has 0 aliphatic heterocycles. The van der Waals surface area contributed by atoms with Gasteiger partial charge >= 0.3 is 0 Å². The number of hydrogen-bond acceptors (Lipinski definition) is 1. The minimum atomic E-state index is -1.04. The van der Waals surface area contributed by atoms with E-state index >= 15 is 0 Å². The van der Waals surface area contributed by atoms with Gasteiger partial charge in [-0.25, -0.2) is 17.6 Å². The van der Waals surface area contributed by atoms with Gasteiger partial charge in [-0.05, 0) is 36.8 Å². The highest BCUT2D eigenvalue weighted by atomic mass is 19.2. The van der Waals surface area contributed by atoms with Crippen molar-refractivity contribution in [1.29, 1.82) is 0 Å². The summed E-state index contributed by atoms with van der Waals surface area (Å²) in [6, 6.07) is 4.97. The van der Waals surface area contributed by atoms with Gasteiger partial charge in [-0.15, -0.1) is 0 Å². The molecule has 0 heterocycles. The van der Waals surface area contributed by atoms with Crippen LogP contribution >= 0.6 is 0 Å².